The Kier molecular flexibility index (Phi) is 5.87. The van der Waals surface area contributed by atoms with Crippen molar-refractivity contribution in [2.45, 2.75) is 0 Å². The minimum atomic E-state index is -1.10. The molecule has 5 nitrogen and oxygen atoms in total. The van der Waals surface area contributed by atoms with Gasteiger partial charge in [-0.3, -0.25) is 4.79 Å². The van der Waals surface area contributed by atoms with E-state index in [1.54, 1.807) is 0 Å². The SMILES string of the molecule is COC(=O)c1cc(NCC(=O)Nc2cc(Cl)ccc2F)c(F)cc1F. The molecule has 0 heterocycles. The third-order valence-electron chi connectivity index (χ3n) is 3.10. The molecule has 2 aromatic rings. The molecule has 1 amide bonds. The van der Waals surface area contributed by atoms with Crippen molar-refractivity contribution in [3.05, 3.63) is 58.4 Å². The van der Waals surface area contributed by atoms with E-state index >= 15 is 0 Å². The van der Waals surface area contributed by atoms with E-state index in [1.165, 1.54) is 12.1 Å². The number of carbonyl (C=O) groups excluding carboxylic acids is 2. The summed E-state index contributed by atoms with van der Waals surface area (Å²) in [6.45, 7) is -0.463. The molecule has 2 aromatic carbocycles. The summed E-state index contributed by atoms with van der Waals surface area (Å²) >= 11 is 5.71. The fraction of sp³-hybridized carbons (Fsp3) is 0.125. The van der Waals surface area contributed by atoms with Crippen LogP contribution in [-0.2, 0) is 9.53 Å². The van der Waals surface area contributed by atoms with E-state index < -0.39 is 41.4 Å². The Balaban J connectivity index is 2.09. The number of amides is 1. The first-order valence-electron chi connectivity index (χ1n) is 6.88. The molecule has 0 bridgehead atoms. The van der Waals surface area contributed by atoms with Gasteiger partial charge in [-0.15, -0.1) is 0 Å². The van der Waals surface area contributed by atoms with E-state index in [9.17, 15) is 22.8 Å². The third kappa shape index (κ3) is 4.63. The summed E-state index contributed by atoms with van der Waals surface area (Å²) in [5, 5.41) is 4.87. The van der Waals surface area contributed by atoms with Gasteiger partial charge in [0, 0.05) is 11.1 Å². The van der Waals surface area contributed by atoms with E-state index in [0.29, 0.717) is 6.07 Å². The van der Waals surface area contributed by atoms with E-state index in [1.807, 2.05) is 0 Å². The van der Waals surface area contributed by atoms with Crippen molar-refractivity contribution in [2.24, 2.45) is 0 Å². The van der Waals surface area contributed by atoms with Crippen molar-refractivity contribution in [1.82, 2.24) is 0 Å². The summed E-state index contributed by atoms with van der Waals surface area (Å²) in [6, 6.07) is 4.97. The zero-order valence-corrected chi connectivity index (χ0v) is 13.6. The van der Waals surface area contributed by atoms with Crippen molar-refractivity contribution in [1.29, 1.82) is 0 Å². The van der Waals surface area contributed by atoms with Gasteiger partial charge >= 0.3 is 5.97 Å². The lowest BCUT2D eigenvalue weighted by Crippen LogP contribution is -2.23. The van der Waals surface area contributed by atoms with Crippen molar-refractivity contribution in [3.63, 3.8) is 0 Å². The van der Waals surface area contributed by atoms with Crippen LogP contribution in [0, 0.1) is 17.5 Å². The van der Waals surface area contributed by atoms with E-state index in [2.05, 4.69) is 15.4 Å². The average Bonchev–Trinajstić information content (AvgIpc) is 2.56. The van der Waals surface area contributed by atoms with Gasteiger partial charge in [0.15, 0.2) is 0 Å². The number of rotatable bonds is 5. The molecule has 2 N–H and O–H groups in total. The van der Waals surface area contributed by atoms with E-state index in [4.69, 9.17) is 11.6 Å². The molecule has 0 saturated carbocycles. The van der Waals surface area contributed by atoms with Gasteiger partial charge in [0.25, 0.3) is 0 Å². The number of anilines is 2. The Morgan fingerprint density at radius 1 is 1.04 bits per heavy atom. The van der Waals surface area contributed by atoms with Crippen LogP contribution in [0.5, 0.6) is 0 Å². The van der Waals surface area contributed by atoms with Gasteiger partial charge in [-0.1, -0.05) is 11.6 Å². The number of carbonyl (C=O) groups is 2. The van der Waals surface area contributed by atoms with Crippen molar-refractivity contribution >= 4 is 34.9 Å². The summed E-state index contributed by atoms with van der Waals surface area (Å²) in [5.41, 5.74) is -0.926. The largest absolute Gasteiger partial charge is 0.465 e. The highest BCUT2D eigenvalue weighted by Gasteiger charge is 2.17. The number of esters is 1. The average molecular weight is 373 g/mol. The molecular formula is C16H12ClF3N2O3. The van der Waals surface area contributed by atoms with Crippen LogP contribution < -0.4 is 10.6 Å². The Labute approximate surface area is 145 Å². The number of methoxy groups -OCH3 is 1. The maximum atomic E-state index is 13.7. The molecular weight excluding hydrogens is 361 g/mol. The van der Waals surface area contributed by atoms with Gasteiger partial charge < -0.3 is 15.4 Å². The molecule has 0 fully saturated rings. The first kappa shape index (κ1) is 18.6. The quantitative estimate of drug-likeness (QED) is 0.787. The summed E-state index contributed by atoms with van der Waals surface area (Å²) in [5.74, 6) is -4.50. The molecule has 0 saturated heterocycles. The van der Waals surface area contributed by atoms with Crippen LogP contribution in [0.15, 0.2) is 30.3 Å². The summed E-state index contributed by atoms with van der Waals surface area (Å²) in [7, 11) is 1.05. The Morgan fingerprint density at radius 2 is 1.76 bits per heavy atom. The fourth-order valence-electron chi connectivity index (χ4n) is 1.91. The topological polar surface area (TPSA) is 67.4 Å². The van der Waals surface area contributed by atoms with Gasteiger partial charge in [0.1, 0.15) is 17.5 Å². The van der Waals surface area contributed by atoms with Crippen LogP contribution in [0.3, 0.4) is 0 Å². The summed E-state index contributed by atoms with van der Waals surface area (Å²) in [4.78, 5) is 23.2. The molecule has 132 valence electrons. The Morgan fingerprint density at radius 3 is 2.44 bits per heavy atom. The highest BCUT2D eigenvalue weighted by molar-refractivity contribution is 6.30. The van der Waals surface area contributed by atoms with Gasteiger partial charge in [-0.2, -0.15) is 0 Å². The number of halogens is 4. The molecule has 0 aliphatic rings. The third-order valence-corrected chi connectivity index (χ3v) is 3.34. The molecule has 0 aliphatic carbocycles. The van der Waals surface area contributed by atoms with E-state index in [0.717, 1.165) is 19.2 Å². The molecule has 2 rings (SSSR count). The molecule has 25 heavy (non-hydrogen) atoms. The van der Waals surface area contributed by atoms with Gasteiger partial charge in [0.2, 0.25) is 5.91 Å². The minimum Gasteiger partial charge on any atom is -0.465 e. The predicted octanol–water partition coefficient (Wildman–Crippen LogP) is 3.59. The number of ether oxygens (including phenoxy) is 1. The van der Waals surface area contributed by atoms with Crippen LogP contribution >= 0.6 is 11.6 Å². The van der Waals surface area contributed by atoms with Crippen LogP contribution in [-0.4, -0.2) is 25.5 Å². The molecule has 0 radical (unpaired) electrons. The first-order valence-corrected chi connectivity index (χ1v) is 7.25. The Bertz CT molecular complexity index is 831. The number of nitrogens with one attached hydrogen (secondary N) is 2. The smallest absolute Gasteiger partial charge is 0.340 e. The molecule has 0 unspecified atom stereocenters. The van der Waals surface area contributed by atoms with Gasteiger partial charge in [0.05, 0.1) is 30.6 Å². The second kappa shape index (κ2) is 7.89. The van der Waals surface area contributed by atoms with Crippen molar-refractivity contribution in [2.75, 3.05) is 24.3 Å². The van der Waals surface area contributed by atoms with Crippen LogP contribution in [0.1, 0.15) is 10.4 Å². The summed E-state index contributed by atoms with van der Waals surface area (Å²) in [6.07, 6.45) is 0. The van der Waals surface area contributed by atoms with Crippen LogP contribution in [0.25, 0.3) is 0 Å². The molecule has 0 spiro atoms. The van der Waals surface area contributed by atoms with E-state index in [-0.39, 0.29) is 16.4 Å². The predicted molar refractivity (Wildman–Crippen MR) is 86.2 cm³/mol. The first-order chi connectivity index (χ1) is 11.8. The zero-order chi connectivity index (χ0) is 18.6. The maximum Gasteiger partial charge on any atom is 0.340 e. The minimum absolute atomic E-state index is 0.144. The van der Waals surface area contributed by atoms with Crippen LogP contribution in [0.2, 0.25) is 5.02 Å². The molecule has 0 aliphatic heterocycles. The van der Waals surface area contributed by atoms with Gasteiger partial charge in [-0.05, 0) is 24.3 Å². The number of hydrogen-bond donors (Lipinski definition) is 2. The molecule has 0 aromatic heterocycles. The fourth-order valence-corrected chi connectivity index (χ4v) is 2.09. The molecule has 9 heteroatoms. The van der Waals surface area contributed by atoms with Crippen molar-refractivity contribution < 1.29 is 27.5 Å². The molecule has 0 atom stereocenters. The second-order valence-corrected chi connectivity index (χ2v) is 5.27. The highest BCUT2D eigenvalue weighted by Crippen LogP contribution is 2.21. The van der Waals surface area contributed by atoms with Gasteiger partial charge in [-0.25, -0.2) is 18.0 Å². The van der Waals surface area contributed by atoms with Crippen LogP contribution in [0.4, 0.5) is 24.5 Å². The maximum absolute atomic E-state index is 13.7. The second-order valence-electron chi connectivity index (χ2n) is 4.83. The lowest BCUT2D eigenvalue weighted by Gasteiger charge is -2.11. The lowest BCUT2D eigenvalue weighted by atomic mass is 10.1. The Hall–Kier alpha value is -2.74. The lowest BCUT2D eigenvalue weighted by molar-refractivity contribution is -0.114. The number of hydrogen-bond acceptors (Lipinski definition) is 4. The van der Waals surface area contributed by atoms with Crippen molar-refractivity contribution in [3.8, 4) is 0 Å². The monoisotopic (exact) mass is 372 g/mol. The normalized spacial score (nSPS) is 10.3. The summed E-state index contributed by atoms with van der Waals surface area (Å²) < 4.78 is 45.2. The number of benzene rings is 2. The highest BCUT2D eigenvalue weighted by atomic mass is 35.5. The standard InChI is InChI=1S/C16H12ClF3N2O3/c1-25-16(24)9-5-13(12(20)6-11(9)19)21-7-15(23)22-14-4-8(17)2-3-10(14)18/h2-6,21H,7H2,1H3,(H,22,23). The zero-order valence-electron chi connectivity index (χ0n) is 12.8.